The number of aromatic nitrogens is 2. The number of nitrogens with zero attached hydrogens (tertiary/aromatic N) is 3. The molecule has 1 aliphatic rings. The fraction of sp³-hybridized carbons (Fsp3) is 0.529. The second kappa shape index (κ2) is 6.48. The number of hydrogen-bond donors (Lipinski definition) is 1. The quantitative estimate of drug-likeness (QED) is 0.923. The van der Waals surface area contributed by atoms with Crippen LogP contribution >= 0.6 is 0 Å². The van der Waals surface area contributed by atoms with Gasteiger partial charge in [0.2, 0.25) is 5.91 Å². The largest absolute Gasteiger partial charge is 0.326 e. The second-order valence-corrected chi connectivity index (χ2v) is 5.91. The van der Waals surface area contributed by atoms with Crippen LogP contribution in [0.2, 0.25) is 0 Å². The Labute approximate surface area is 131 Å². The van der Waals surface area contributed by atoms with Crippen molar-refractivity contribution in [2.45, 2.75) is 46.2 Å². The molecular formula is C17H24N4O. The molecule has 3 rings (SSSR count). The SMILES string of the molecule is CCCCN1CCn2c(nc3cc(NC(=O)CC)ccc32)C1. The Kier molecular flexibility index (Phi) is 4.43. The monoisotopic (exact) mass is 300 g/mol. The molecule has 0 saturated heterocycles. The lowest BCUT2D eigenvalue weighted by molar-refractivity contribution is -0.115. The fourth-order valence-electron chi connectivity index (χ4n) is 2.97. The number of carbonyl (C=O) groups is 1. The lowest BCUT2D eigenvalue weighted by atomic mass is 10.2. The van der Waals surface area contributed by atoms with Gasteiger partial charge in [0.1, 0.15) is 5.82 Å². The molecule has 0 atom stereocenters. The van der Waals surface area contributed by atoms with Crippen LogP contribution in [-0.4, -0.2) is 33.4 Å². The van der Waals surface area contributed by atoms with E-state index in [-0.39, 0.29) is 5.91 Å². The van der Waals surface area contributed by atoms with Crippen molar-refractivity contribution in [1.29, 1.82) is 0 Å². The average Bonchev–Trinajstić information content (AvgIpc) is 2.89. The number of amides is 1. The van der Waals surface area contributed by atoms with Gasteiger partial charge in [-0.15, -0.1) is 0 Å². The molecule has 5 nitrogen and oxygen atoms in total. The zero-order valence-corrected chi connectivity index (χ0v) is 13.4. The first-order valence-corrected chi connectivity index (χ1v) is 8.22. The van der Waals surface area contributed by atoms with E-state index in [0.29, 0.717) is 6.42 Å². The lowest BCUT2D eigenvalue weighted by Crippen LogP contribution is -2.34. The molecule has 1 aliphatic heterocycles. The van der Waals surface area contributed by atoms with Crippen LogP contribution in [0.3, 0.4) is 0 Å². The van der Waals surface area contributed by atoms with Crippen LogP contribution in [0.15, 0.2) is 18.2 Å². The molecule has 1 N–H and O–H groups in total. The third-order valence-corrected chi connectivity index (χ3v) is 4.26. The number of imidazole rings is 1. The van der Waals surface area contributed by atoms with Crippen LogP contribution in [0.25, 0.3) is 11.0 Å². The van der Waals surface area contributed by atoms with Crippen molar-refractivity contribution in [3.05, 3.63) is 24.0 Å². The van der Waals surface area contributed by atoms with E-state index < -0.39 is 0 Å². The molecule has 1 aromatic carbocycles. The molecule has 22 heavy (non-hydrogen) atoms. The smallest absolute Gasteiger partial charge is 0.224 e. The first-order chi connectivity index (χ1) is 10.7. The Balaban J connectivity index is 1.83. The zero-order valence-electron chi connectivity index (χ0n) is 13.4. The summed E-state index contributed by atoms with van der Waals surface area (Å²) in [6.07, 6.45) is 2.96. The summed E-state index contributed by atoms with van der Waals surface area (Å²) >= 11 is 0. The van der Waals surface area contributed by atoms with Gasteiger partial charge in [-0.1, -0.05) is 20.3 Å². The minimum Gasteiger partial charge on any atom is -0.326 e. The molecule has 1 amide bonds. The molecular weight excluding hydrogens is 276 g/mol. The van der Waals surface area contributed by atoms with Crippen molar-refractivity contribution < 1.29 is 4.79 Å². The van der Waals surface area contributed by atoms with Crippen molar-refractivity contribution in [1.82, 2.24) is 14.5 Å². The van der Waals surface area contributed by atoms with Gasteiger partial charge in [-0.05, 0) is 31.2 Å². The minimum absolute atomic E-state index is 0.0362. The summed E-state index contributed by atoms with van der Waals surface area (Å²) in [5.74, 6) is 1.17. The Morgan fingerprint density at radius 1 is 1.32 bits per heavy atom. The molecule has 0 spiro atoms. The molecule has 2 heterocycles. The molecule has 0 aliphatic carbocycles. The van der Waals surface area contributed by atoms with Crippen LogP contribution in [-0.2, 0) is 17.9 Å². The summed E-state index contributed by atoms with van der Waals surface area (Å²) in [5.41, 5.74) is 2.97. The van der Waals surface area contributed by atoms with Crippen LogP contribution in [0, 0.1) is 0 Å². The van der Waals surface area contributed by atoms with Gasteiger partial charge in [0.05, 0.1) is 17.6 Å². The molecule has 1 aromatic heterocycles. The Hall–Kier alpha value is -1.88. The summed E-state index contributed by atoms with van der Waals surface area (Å²) < 4.78 is 2.31. The average molecular weight is 300 g/mol. The number of unbranched alkanes of at least 4 members (excludes halogenated alkanes) is 1. The highest BCUT2D eigenvalue weighted by atomic mass is 16.1. The summed E-state index contributed by atoms with van der Waals surface area (Å²) in [6, 6.07) is 6.01. The van der Waals surface area contributed by atoms with E-state index in [1.165, 1.54) is 18.4 Å². The summed E-state index contributed by atoms with van der Waals surface area (Å²) in [4.78, 5) is 18.8. The van der Waals surface area contributed by atoms with E-state index in [0.717, 1.165) is 43.2 Å². The summed E-state index contributed by atoms with van der Waals surface area (Å²) in [7, 11) is 0. The maximum absolute atomic E-state index is 11.5. The molecule has 118 valence electrons. The van der Waals surface area contributed by atoms with E-state index in [2.05, 4.69) is 27.8 Å². The van der Waals surface area contributed by atoms with Gasteiger partial charge in [0.25, 0.3) is 0 Å². The highest BCUT2D eigenvalue weighted by molar-refractivity contribution is 5.92. The van der Waals surface area contributed by atoms with Crippen LogP contribution in [0.1, 0.15) is 38.9 Å². The number of anilines is 1. The van der Waals surface area contributed by atoms with Crippen molar-refractivity contribution in [2.75, 3.05) is 18.4 Å². The van der Waals surface area contributed by atoms with Gasteiger partial charge in [0.15, 0.2) is 0 Å². The van der Waals surface area contributed by atoms with Crippen molar-refractivity contribution in [2.24, 2.45) is 0 Å². The maximum Gasteiger partial charge on any atom is 0.224 e. The highest BCUT2D eigenvalue weighted by Gasteiger charge is 2.19. The standard InChI is InChI=1S/C17H24N4O/c1-3-5-8-20-9-10-21-15-7-6-13(18-17(22)4-2)11-14(15)19-16(21)12-20/h6-7,11H,3-5,8-10,12H2,1-2H3,(H,18,22). The van der Waals surface area contributed by atoms with Crippen molar-refractivity contribution in [3.8, 4) is 0 Å². The van der Waals surface area contributed by atoms with E-state index in [1.54, 1.807) is 0 Å². The van der Waals surface area contributed by atoms with Gasteiger partial charge in [-0.3, -0.25) is 9.69 Å². The number of hydrogen-bond acceptors (Lipinski definition) is 3. The van der Waals surface area contributed by atoms with E-state index >= 15 is 0 Å². The zero-order chi connectivity index (χ0) is 15.5. The fourth-order valence-corrected chi connectivity index (χ4v) is 2.97. The number of fused-ring (bicyclic) bond motifs is 3. The maximum atomic E-state index is 11.5. The summed E-state index contributed by atoms with van der Waals surface area (Å²) in [6.45, 7) is 8.24. The third-order valence-electron chi connectivity index (χ3n) is 4.26. The van der Waals surface area contributed by atoms with E-state index in [9.17, 15) is 4.79 Å². The molecule has 5 heteroatoms. The van der Waals surface area contributed by atoms with E-state index in [1.807, 2.05) is 19.1 Å². The molecule has 0 fully saturated rings. The van der Waals surface area contributed by atoms with Crippen molar-refractivity contribution in [3.63, 3.8) is 0 Å². The topological polar surface area (TPSA) is 50.2 Å². The Morgan fingerprint density at radius 3 is 2.95 bits per heavy atom. The number of benzene rings is 1. The van der Waals surface area contributed by atoms with Gasteiger partial charge < -0.3 is 9.88 Å². The van der Waals surface area contributed by atoms with Gasteiger partial charge in [-0.25, -0.2) is 4.98 Å². The minimum atomic E-state index is 0.0362. The van der Waals surface area contributed by atoms with Crippen LogP contribution in [0.4, 0.5) is 5.69 Å². The first kappa shape index (κ1) is 15.0. The molecule has 0 unspecified atom stereocenters. The second-order valence-electron chi connectivity index (χ2n) is 5.91. The highest BCUT2D eigenvalue weighted by Crippen LogP contribution is 2.24. The van der Waals surface area contributed by atoms with Gasteiger partial charge >= 0.3 is 0 Å². The van der Waals surface area contributed by atoms with Gasteiger partial charge in [-0.2, -0.15) is 0 Å². The van der Waals surface area contributed by atoms with Crippen LogP contribution in [0.5, 0.6) is 0 Å². The molecule has 2 aromatic rings. The molecule has 0 radical (unpaired) electrons. The number of nitrogens with one attached hydrogen (secondary N) is 1. The normalized spacial score (nSPS) is 15.0. The Morgan fingerprint density at radius 2 is 2.18 bits per heavy atom. The van der Waals surface area contributed by atoms with Gasteiger partial charge in [0, 0.05) is 25.2 Å². The Bertz CT molecular complexity index is 677. The predicted molar refractivity (Wildman–Crippen MR) is 88.8 cm³/mol. The van der Waals surface area contributed by atoms with Crippen LogP contribution < -0.4 is 5.32 Å². The first-order valence-electron chi connectivity index (χ1n) is 8.22. The molecule has 0 bridgehead atoms. The number of carbonyl (C=O) groups excluding carboxylic acids is 1. The predicted octanol–water partition coefficient (Wildman–Crippen LogP) is 3.00. The third kappa shape index (κ3) is 2.99. The lowest BCUT2D eigenvalue weighted by Gasteiger charge is -2.27. The molecule has 0 saturated carbocycles. The summed E-state index contributed by atoms with van der Waals surface area (Å²) in [5, 5.41) is 2.90. The number of rotatable bonds is 5. The van der Waals surface area contributed by atoms with E-state index in [4.69, 9.17) is 4.98 Å². The van der Waals surface area contributed by atoms with Crippen molar-refractivity contribution >= 4 is 22.6 Å².